The van der Waals surface area contributed by atoms with E-state index in [0.717, 1.165) is 19.5 Å². The Bertz CT molecular complexity index is 711. The van der Waals surface area contributed by atoms with Gasteiger partial charge in [0, 0.05) is 18.8 Å². The second-order valence-electron chi connectivity index (χ2n) is 5.51. The molecular weight excluding hydrogens is 306 g/mol. The van der Waals surface area contributed by atoms with Crippen molar-refractivity contribution in [2.75, 3.05) is 13.1 Å². The van der Waals surface area contributed by atoms with E-state index in [2.05, 4.69) is 22.7 Å². The number of fused-ring (bicyclic) bond motifs is 1. The number of hydrogen-bond acceptors (Lipinski definition) is 4. The third-order valence-corrected chi connectivity index (χ3v) is 3.96. The maximum Gasteiger partial charge on any atom is 0.350 e. The molecule has 1 fully saturated rings. The van der Waals surface area contributed by atoms with E-state index in [9.17, 15) is 9.59 Å². The molecule has 0 radical (unpaired) electrons. The molecule has 2 aromatic heterocycles. The second-order valence-corrected chi connectivity index (χ2v) is 5.51. The van der Waals surface area contributed by atoms with Crippen LogP contribution in [0.3, 0.4) is 0 Å². The molecule has 0 saturated carbocycles. The Morgan fingerprint density at radius 3 is 3.05 bits per heavy atom. The number of pyridine rings is 1. The van der Waals surface area contributed by atoms with Crippen LogP contribution in [0.15, 0.2) is 29.2 Å². The number of rotatable bonds is 3. The van der Waals surface area contributed by atoms with Crippen LogP contribution in [-0.2, 0) is 11.3 Å². The molecule has 1 saturated heterocycles. The first-order valence-electron chi connectivity index (χ1n) is 7.19. The second kappa shape index (κ2) is 6.93. The fraction of sp³-hybridized carbons (Fsp3) is 0.500. The van der Waals surface area contributed by atoms with Gasteiger partial charge in [-0.2, -0.15) is 0 Å². The van der Waals surface area contributed by atoms with Crippen molar-refractivity contribution in [2.45, 2.75) is 25.9 Å². The average molecular weight is 326 g/mol. The van der Waals surface area contributed by atoms with Crippen LogP contribution in [0.1, 0.15) is 13.3 Å². The lowest BCUT2D eigenvalue weighted by Crippen LogP contribution is -2.51. The molecule has 2 unspecified atom stereocenters. The van der Waals surface area contributed by atoms with Gasteiger partial charge in [0.15, 0.2) is 5.65 Å². The van der Waals surface area contributed by atoms with Crippen LogP contribution in [0.4, 0.5) is 0 Å². The molecular formula is C14H20ClN5O2. The highest BCUT2D eigenvalue weighted by molar-refractivity contribution is 5.85. The third-order valence-electron chi connectivity index (χ3n) is 3.96. The fourth-order valence-electron chi connectivity index (χ4n) is 2.64. The molecule has 8 heteroatoms. The Morgan fingerprint density at radius 1 is 1.50 bits per heavy atom. The molecule has 0 aliphatic carbocycles. The van der Waals surface area contributed by atoms with Crippen molar-refractivity contribution in [1.82, 2.24) is 24.8 Å². The zero-order valence-electron chi connectivity index (χ0n) is 12.4. The summed E-state index contributed by atoms with van der Waals surface area (Å²) < 4.78 is 2.63. The minimum atomic E-state index is -0.296. The summed E-state index contributed by atoms with van der Waals surface area (Å²) in [5.41, 5.74) is 0.249. The van der Waals surface area contributed by atoms with E-state index in [4.69, 9.17) is 0 Å². The predicted octanol–water partition coefficient (Wildman–Crippen LogP) is 0.0320. The van der Waals surface area contributed by atoms with Crippen molar-refractivity contribution in [3.8, 4) is 0 Å². The summed E-state index contributed by atoms with van der Waals surface area (Å²) in [6.07, 6.45) is 2.69. The van der Waals surface area contributed by atoms with Crippen LogP contribution < -0.4 is 16.3 Å². The van der Waals surface area contributed by atoms with Crippen molar-refractivity contribution >= 4 is 24.0 Å². The van der Waals surface area contributed by atoms with Crippen LogP contribution in [0.5, 0.6) is 0 Å². The summed E-state index contributed by atoms with van der Waals surface area (Å²) in [5.74, 6) is 0.258. The molecule has 7 nitrogen and oxygen atoms in total. The molecule has 1 amide bonds. The minimum absolute atomic E-state index is 0. The highest BCUT2D eigenvalue weighted by atomic mass is 35.5. The van der Waals surface area contributed by atoms with E-state index in [1.807, 2.05) is 6.07 Å². The van der Waals surface area contributed by atoms with Gasteiger partial charge in [-0.3, -0.25) is 9.20 Å². The topological polar surface area (TPSA) is 80.4 Å². The van der Waals surface area contributed by atoms with E-state index >= 15 is 0 Å². The smallest absolute Gasteiger partial charge is 0.350 e. The lowest BCUT2D eigenvalue weighted by atomic mass is 9.95. The Kier molecular flexibility index (Phi) is 5.20. The normalized spacial score (nSPS) is 21.3. The van der Waals surface area contributed by atoms with E-state index in [-0.39, 0.29) is 36.6 Å². The van der Waals surface area contributed by atoms with Gasteiger partial charge in [0.25, 0.3) is 0 Å². The summed E-state index contributed by atoms with van der Waals surface area (Å²) in [5, 5.41) is 10.4. The first-order valence-corrected chi connectivity index (χ1v) is 7.19. The SMILES string of the molecule is CC1CCNCC1NC(=O)Cn1nc2ccccn2c1=O.Cl. The molecule has 0 aromatic carbocycles. The monoisotopic (exact) mass is 325 g/mol. The zero-order valence-corrected chi connectivity index (χ0v) is 13.2. The number of piperidine rings is 1. The van der Waals surface area contributed by atoms with Gasteiger partial charge < -0.3 is 10.6 Å². The van der Waals surface area contributed by atoms with Crippen LogP contribution >= 0.6 is 12.4 Å². The van der Waals surface area contributed by atoms with Gasteiger partial charge in [-0.1, -0.05) is 13.0 Å². The molecule has 22 heavy (non-hydrogen) atoms. The Balaban J connectivity index is 0.00000176. The predicted molar refractivity (Wildman–Crippen MR) is 85.3 cm³/mol. The lowest BCUT2D eigenvalue weighted by Gasteiger charge is -2.30. The molecule has 1 aliphatic heterocycles. The highest BCUT2D eigenvalue weighted by Crippen LogP contribution is 2.10. The zero-order chi connectivity index (χ0) is 14.8. The first-order chi connectivity index (χ1) is 10.1. The average Bonchev–Trinajstić information content (AvgIpc) is 2.78. The van der Waals surface area contributed by atoms with Gasteiger partial charge in [0.05, 0.1) is 0 Å². The molecule has 1 aliphatic rings. The molecule has 120 valence electrons. The minimum Gasteiger partial charge on any atom is -0.350 e. The Labute approximate surface area is 134 Å². The van der Waals surface area contributed by atoms with Crippen molar-refractivity contribution in [1.29, 1.82) is 0 Å². The number of nitrogens with one attached hydrogen (secondary N) is 2. The van der Waals surface area contributed by atoms with Crippen molar-refractivity contribution in [2.24, 2.45) is 5.92 Å². The quantitative estimate of drug-likeness (QED) is 0.834. The molecule has 2 atom stereocenters. The summed E-state index contributed by atoms with van der Waals surface area (Å²) in [7, 11) is 0. The standard InChI is InChI=1S/C14H19N5O2.ClH/c1-10-5-6-15-8-11(10)16-13(20)9-19-14(21)18-7-3-2-4-12(18)17-19;/h2-4,7,10-11,15H,5-6,8-9H2,1H3,(H,16,20);1H. The maximum absolute atomic E-state index is 12.1. The van der Waals surface area contributed by atoms with Gasteiger partial charge in [0.2, 0.25) is 5.91 Å². The number of carbonyl (C=O) groups excluding carboxylic acids is 1. The lowest BCUT2D eigenvalue weighted by molar-refractivity contribution is -0.123. The Morgan fingerprint density at radius 2 is 2.32 bits per heavy atom. The molecule has 2 aromatic rings. The van der Waals surface area contributed by atoms with E-state index < -0.39 is 0 Å². The molecule has 3 rings (SSSR count). The number of amides is 1. The van der Waals surface area contributed by atoms with Gasteiger partial charge >= 0.3 is 5.69 Å². The van der Waals surface area contributed by atoms with Gasteiger partial charge in [0.1, 0.15) is 6.54 Å². The third kappa shape index (κ3) is 3.31. The summed E-state index contributed by atoms with van der Waals surface area (Å²) in [4.78, 5) is 24.2. The molecule has 2 N–H and O–H groups in total. The largest absolute Gasteiger partial charge is 0.350 e. The van der Waals surface area contributed by atoms with Crippen LogP contribution in [0, 0.1) is 5.92 Å². The first kappa shape index (κ1) is 16.5. The van der Waals surface area contributed by atoms with E-state index in [1.54, 1.807) is 18.3 Å². The number of carbonyl (C=O) groups is 1. The number of aromatic nitrogens is 3. The molecule has 3 heterocycles. The van der Waals surface area contributed by atoms with E-state index in [1.165, 1.54) is 9.08 Å². The van der Waals surface area contributed by atoms with Crippen molar-refractivity contribution in [3.63, 3.8) is 0 Å². The molecule has 0 spiro atoms. The summed E-state index contributed by atoms with van der Waals surface area (Å²) in [6, 6.07) is 5.42. The highest BCUT2D eigenvalue weighted by Gasteiger charge is 2.23. The Hall–Kier alpha value is -1.86. The van der Waals surface area contributed by atoms with E-state index in [0.29, 0.717) is 11.6 Å². The fourth-order valence-corrected chi connectivity index (χ4v) is 2.64. The number of nitrogens with zero attached hydrogens (tertiary/aromatic N) is 3. The summed E-state index contributed by atoms with van der Waals surface area (Å²) >= 11 is 0. The van der Waals surface area contributed by atoms with Crippen molar-refractivity contribution in [3.05, 3.63) is 34.9 Å². The van der Waals surface area contributed by atoms with Crippen LogP contribution in [-0.4, -0.2) is 39.2 Å². The summed E-state index contributed by atoms with van der Waals surface area (Å²) in [6.45, 7) is 3.83. The van der Waals surface area contributed by atoms with Crippen LogP contribution in [0.25, 0.3) is 5.65 Å². The van der Waals surface area contributed by atoms with Crippen molar-refractivity contribution < 1.29 is 4.79 Å². The van der Waals surface area contributed by atoms with Gasteiger partial charge in [-0.15, -0.1) is 17.5 Å². The van der Waals surface area contributed by atoms with Gasteiger partial charge in [-0.05, 0) is 31.0 Å². The maximum atomic E-state index is 12.1. The number of halogens is 1. The number of hydrogen-bond donors (Lipinski definition) is 2. The van der Waals surface area contributed by atoms with Gasteiger partial charge in [-0.25, -0.2) is 9.48 Å². The van der Waals surface area contributed by atoms with Crippen LogP contribution in [0.2, 0.25) is 0 Å². The molecule has 0 bridgehead atoms.